The summed E-state index contributed by atoms with van der Waals surface area (Å²) in [5.41, 5.74) is -0.0441. The lowest BCUT2D eigenvalue weighted by Crippen LogP contribution is -2.28. The van der Waals surface area contributed by atoms with Crippen molar-refractivity contribution in [3.05, 3.63) is 66.2 Å². The van der Waals surface area contributed by atoms with Gasteiger partial charge < -0.3 is 9.47 Å². The molecular formula is C20H21F3O2. The van der Waals surface area contributed by atoms with Crippen molar-refractivity contribution in [1.82, 2.24) is 0 Å². The SMILES string of the molecule is C=C(C)CC(C)(C)Oc1ccc(Oc2ccc(C(F)(F)F)cc2)cc1. The van der Waals surface area contributed by atoms with Gasteiger partial charge in [0, 0.05) is 6.42 Å². The molecule has 0 amide bonds. The maximum Gasteiger partial charge on any atom is 0.416 e. The van der Waals surface area contributed by atoms with Gasteiger partial charge in [0.15, 0.2) is 0 Å². The smallest absolute Gasteiger partial charge is 0.416 e. The molecule has 0 saturated carbocycles. The fourth-order valence-electron chi connectivity index (χ4n) is 2.51. The predicted molar refractivity (Wildman–Crippen MR) is 92.1 cm³/mol. The summed E-state index contributed by atoms with van der Waals surface area (Å²) in [5, 5.41) is 0. The molecule has 0 aliphatic carbocycles. The summed E-state index contributed by atoms with van der Waals surface area (Å²) >= 11 is 0. The molecule has 0 radical (unpaired) electrons. The number of rotatable bonds is 6. The van der Waals surface area contributed by atoms with E-state index < -0.39 is 11.7 Å². The van der Waals surface area contributed by atoms with Crippen LogP contribution in [0.1, 0.15) is 32.8 Å². The molecule has 5 heteroatoms. The van der Waals surface area contributed by atoms with Gasteiger partial charge in [0.2, 0.25) is 0 Å². The Hall–Kier alpha value is -2.43. The van der Waals surface area contributed by atoms with Crippen LogP contribution in [-0.4, -0.2) is 5.60 Å². The van der Waals surface area contributed by atoms with E-state index in [1.807, 2.05) is 20.8 Å². The molecule has 0 bridgehead atoms. The summed E-state index contributed by atoms with van der Waals surface area (Å²) in [6.45, 7) is 9.81. The largest absolute Gasteiger partial charge is 0.488 e. The Morgan fingerprint density at radius 2 is 1.32 bits per heavy atom. The lowest BCUT2D eigenvalue weighted by Gasteiger charge is -2.26. The maximum atomic E-state index is 12.5. The number of alkyl halides is 3. The summed E-state index contributed by atoms with van der Waals surface area (Å²) in [4.78, 5) is 0. The standard InChI is InChI=1S/C20H21F3O2/c1-14(2)13-19(3,4)25-18-11-9-17(10-12-18)24-16-7-5-15(6-8-16)20(21,22)23/h5-12H,1,13H2,2-4H3. The lowest BCUT2D eigenvalue weighted by molar-refractivity contribution is -0.137. The van der Waals surface area contributed by atoms with Gasteiger partial charge in [0.25, 0.3) is 0 Å². The quantitative estimate of drug-likeness (QED) is 0.545. The molecule has 2 nitrogen and oxygen atoms in total. The van der Waals surface area contributed by atoms with E-state index in [1.165, 1.54) is 12.1 Å². The number of halogens is 3. The lowest BCUT2D eigenvalue weighted by atomic mass is 10.0. The van der Waals surface area contributed by atoms with Gasteiger partial charge in [0.05, 0.1) is 5.56 Å². The van der Waals surface area contributed by atoms with Crippen molar-refractivity contribution in [3.63, 3.8) is 0 Å². The van der Waals surface area contributed by atoms with Crippen LogP contribution in [0, 0.1) is 0 Å². The fourth-order valence-corrected chi connectivity index (χ4v) is 2.51. The molecule has 0 heterocycles. The van der Waals surface area contributed by atoms with Crippen LogP contribution >= 0.6 is 0 Å². The highest BCUT2D eigenvalue weighted by Crippen LogP contribution is 2.32. The van der Waals surface area contributed by atoms with E-state index in [-0.39, 0.29) is 5.60 Å². The van der Waals surface area contributed by atoms with Crippen LogP contribution in [0.2, 0.25) is 0 Å². The minimum absolute atomic E-state index is 0.337. The average Bonchev–Trinajstić information content (AvgIpc) is 2.47. The van der Waals surface area contributed by atoms with Crippen molar-refractivity contribution in [2.24, 2.45) is 0 Å². The molecule has 0 atom stereocenters. The van der Waals surface area contributed by atoms with Crippen molar-refractivity contribution in [2.75, 3.05) is 0 Å². The highest BCUT2D eigenvalue weighted by Gasteiger charge is 2.30. The molecular weight excluding hydrogens is 329 g/mol. The van der Waals surface area contributed by atoms with E-state index in [4.69, 9.17) is 9.47 Å². The molecule has 0 aliphatic rings. The van der Waals surface area contributed by atoms with Gasteiger partial charge in [-0.25, -0.2) is 0 Å². The Kier molecular flexibility index (Phi) is 5.45. The van der Waals surface area contributed by atoms with Crippen LogP contribution in [-0.2, 0) is 6.18 Å². The Morgan fingerprint density at radius 3 is 1.76 bits per heavy atom. The molecule has 0 N–H and O–H groups in total. The van der Waals surface area contributed by atoms with Gasteiger partial charge >= 0.3 is 6.18 Å². The third-order valence-corrected chi connectivity index (χ3v) is 3.36. The van der Waals surface area contributed by atoms with Gasteiger partial charge in [-0.15, -0.1) is 0 Å². The number of ether oxygens (including phenoxy) is 2. The highest BCUT2D eigenvalue weighted by molar-refractivity contribution is 5.37. The molecule has 134 valence electrons. The van der Waals surface area contributed by atoms with Crippen LogP contribution < -0.4 is 9.47 Å². The molecule has 0 aromatic heterocycles. The second-order valence-corrected chi connectivity index (χ2v) is 6.59. The zero-order chi connectivity index (χ0) is 18.7. The van der Waals surface area contributed by atoms with Crippen LogP contribution in [0.4, 0.5) is 13.2 Å². The topological polar surface area (TPSA) is 18.5 Å². The molecule has 0 spiro atoms. The van der Waals surface area contributed by atoms with E-state index in [0.29, 0.717) is 17.2 Å². The first-order valence-electron chi connectivity index (χ1n) is 7.84. The van der Waals surface area contributed by atoms with E-state index in [1.54, 1.807) is 24.3 Å². The Morgan fingerprint density at radius 1 is 0.880 bits per heavy atom. The number of benzene rings is 2. The minimum atomic E-state index is -4.35. The van der Waals surface area contributed by atoms with E-state index in [9.17, 15) is 13.2 Å². The molecule has 0 aliphatic heterocycles. The van der Waals surface area contributed by atoms with Crippen molar-refractivity contribution in [1.29, 1.82) is 0 Å². The molecule has 0 unspecified atom stereocenters. The highest BCUT2D eigenvalue weighted by atomic mass is 19.4. The minimum Gasteiger partial charge on any atom is -0.488 e. The van der Waals surface area contributed by atoms with Crippen LogP contribution in [0.25, 0.3) is 0 Å². The first-order chi connectivity index (χ1) is 11.5. The van der Waals surface area contributed by atoms with Crippen molar-refractivity contribution in [3.8, 4) is 17.2 Å². The van der Waals surface area contributed by atoms with Crippen LogP contribution in [0.3, 0.4) is 0 Å². The van der Waals surface area contributed by atoms with Gasteiger partial charge in [0.1, 0.15) is 22.8 Å². The monoisotopic (exact) mass is 350 g/mol. The molecule has 2 aromatic carbocycles. The van der Waals surface area contributed by atoms with Crippen molar-refractivity contribution in [2.45, 2.75) is 39.0 Å². The summed E-state index contributed by atoms with van der Waals surface area (Å²) in [7, 11) is 0. The Balaban J connectivity index is 2.02. The van der Waals surface area contributed by atoms with E-state index >= 15 is 0 Å². The molecule has 0 saturated heterocycles. The first kappa shape index (κ1) is 18.9. The maximum absolute atomic E-state index is 12.5. The second-order valence-electron chi connectivity index (χ2n) is 6.59. The van der Waals surface area contributed by atoms with E-state index in [0.717, 1.165) is 24.1 Å². The molecule has 0 fully saturated rings. The number of hydrogen-bond donors (Lipinski definition) is 0. The molecule has 2 rings (SSSR count). The summed E-state index contributed by atoms with van der Waals surface area (Å²) < 4.78 is 49.1. The fraction of sp³-hybridized carbons (Fsp3) is 0.300. The van der Waals surface area contributed by atoms with Gasteiger partial charge in [-0.1, -0.05) is 12.2 Å². The summed E-state index contributed by atoms with van der Waals surface area (Å²) in [5.74, 6) is 1.54. The first-order valence-corrected chi connectivity index (χ1v) is 7.84. The number of hydrogen-bond acceptors (Lipinski definition) is 2. The Labute approximate surface area is 145 Å². The zero-order valence-electron chi connectivity index (χ0n) is 14.5. The van der Waals surface area contributed by atoms with Crippen molar-refractivity contribution < 1.29 is 22.6 Å². The average molecular weight is 350 g/mol. The third-order valence-electron chi connectivity index (χ3n) is 3.36. The molecule has 2 aromatic rings. The van der Waals surface area contributed by atoms with E-state index in [2.05, 4.69) is 6.58 Å². The van der Waals surface area contributed by atoms with Gasteiger partial charge in [-0.3, -0.25) is 0 Å². The molecule has 25 heavy (non-hydrogen) atoms. The van der Waals surface area contributed by atoms with Gasteiger partial charge in [-0.2, -0.15) is 13.2 Å². The summed E-state index contributed by atoms with van der Waals surface area (Å²) in [6.07, 6.45) is -3.62. The zero-order valence-corrected chi connectivity index (χ0v) is 14.5. The van der Waals surface area contributed by atoms with Gasteiger partial charge in [-0.05, 0) is 69.3 Å². The van der Waals surface area contributed by atoms with Crippen LogP contribution in [0.15, 0.2) is 60.7 Å². The second kappa shape index (κ2) is 7.21. The van der Waals surface area contributed by atoms with Crippen LogP contribution in [0.5, 0.6) is 17.2 Å². The predicted octanol–water partition coefficient (Wildman–Crippen LogP) is 6.62. The summed E-state index contributed by atoms with van der Waals surface area (Å²) in [6, 6.07) is 11.5. The Bertz CT molecular complexity index is 714. The normalized spacial score (nSPS) is 11.9. The van der Waals surface area contributed by atoms with Crippen molar-refractivity contribution >= 4 is 0 Å². The third kappa shape index (κ3) is 5.85.